The molecule has 0 amide bonds. The quantitative estimate of drug-likeness (QED) is 0.164. The van der Waals surface area contributed by atoms with Gasteiger partial charge < -0.3 is 9.64 Å². The monoisotopic (exact) mass is 653 g/mol. The molecule has 1 unspecified atom stereocenters. The van der Waals surface area contributed by atoms with Gasteiger partial charge in [0.05, 0.1) is 12.1 Å². The van der Waals surface area contributed by atoms with Crippen LogP contribution in [0.15, 0.2) is 161 Å². The first-order valence-corrected chi connectivity index (χ1v) is 16.1. The van der Waals surface area contributed by atoms with Crippen molar-refractivity contribution in [3.63, 3.8) is 0 Å². The Kier molecular flexibility index (Phi) is 8.86. The Hall–Kier alpha value is -4.67. The van der Waals surface area contributed by atoms with Gasteiger partial charge in [0.25, 0.3) is 0 Å². The predicted molar refractivity (Wildman–Crippen MR) is 189 cm³/mol. The van der Waals surface area contributed by atoms with Gasteiger partial charge in [0.15, 0.2) is 6.04 Å². The topological polar surface area (TPSA) is 29.5 Å². The van der Waals surface area contributed by atoms with Crippen LogP contribution >= 0.6 is 15.9 Å². The third kappa shape index (κ3) is 5.91. The van der Waals surface area contributed by atoms with Gasteiger partial charge in [-0.3, -0.25) is 0 Å². The van der Waals surface area contributed by atoms with Crippen LogP contribution in [0.5, 0.6) is 0 Å². The molecule has 0 N–H and O–H groups in total. The summed E-state index contributed by atoms with van der Waals surface area (Å²) < 4.78 is 6.92. The van der Waals surface area contributed by atoms with E-state index in [2.05, 4.69) is 144 Å². The molecule has 5 aromatic carbocycles. The molecule has 1 aliphatic rings. The average molecular weight is 655 g/mol. The van der Waals surface area contributed by atoms with Crippen molar-refractivity contribution >= 4 is 38.7 Å². The van der Waals surface area contributed by atoms with Gasteiger partial charge in [-0.05, 0) is 84.0 Å². The zero-order valence-electron chi connectivity index (χ0n) is 25.8. The van der Waals surface area contributed by atoms with Gasteiger partial charge in [0.1, 0.15) is 0 Å². The molecular weight excluding hydrogens is 618 g/mol. The molecular formula is C41H36BrNO2. The van der Waals surface area contributed by atoms with Gasteiger partial charge in [-0.25, -0.2) is 4.79 Å². The van der Waals surface area contributed by atoms with Crippen molar-refractivity contribution in [1.82, 2.24) is 0 Å². The fraction of sp³-hybridized carbons (Fsp3) is 0.146. The molecule has 1 atom stereocenters. The zero-order chi connectivity index (χ0) is 31.4. The molecule has 4 heteroatoms. The lowest BCUT2D eigenvalue weighted by Gasteiger charge is -2.37. The number of benzene rings is 5. The van der Waals surface area contributed by atoms with E-state index in [-0.39, 0.29) is 12.6 Å². The zero-order valence-corrected chi connectivity index (χ0v) is 27.4. The second-order valence-corrected chi connectivity index (χ2v) is 12.5. The molecule has 0 aromatic heterocycles. The number of hydrogen-bond donors (Lipinski definition) is 0. The Labute approximate surface area is 274 Å². The van der Waals surface area contributed by atoms with Crippen molar-refractivity contribution in [3.05, 3.63) is 183 Å². The minimum atomic E-state index is -0.714. The molecule has 45 heavy (non-hydrogen) atoms. The summed E-state index contributed by atoms with van der Waals surface area (Å²) in [5.41, 5.74) is 8.69. The molecule has 1 heterocycles. The highest BCUT2D eigenvalue weighted by molar-refractivity contribution is 9.10. The lowest BCUT2D eigenvalue weighted by atomic mass is 9.78. The molecule has 6 rings (SSSR count). The smallest absolute Gasteiger partial charge is 0.333 e. The van der Waals surface area contributed by atoms with E-state index in [4.69, 9.17) is 4.74 Å². The molecule has 0 aliphatic carbocycles. The normalized spacial score (nSPS) is 15.6. The molecule has 1 saturated heterocycles. The largest absolute Gasteiger partial charge is 0.464 e. The van der Waals surface area contributed by atoms with Crippen LogP contribution in [0.1, 0.15) is 43.0 Å². The van der Waals surface area contributed by atoms with Crippen molar-refractivity contribution in [1.29, 1.82) is 0 Å². The predicted octanol–water partition coefficient (Wildman–Crippen LogP) is 9.98. The molecule has 5 aromatic rings. The summed E-state index contributed by atoms with van der Waals surface area (Å²) in [5, 5.41) is 0. The number of hydrogen-bond acceptors (Lipinski definition) is 3. The van der Waals surface area contributed by atoms with E-state index in [1.54, 1.807) is 0 Å². The molecule has 224 valence electrons. The van der Waals surface area contributed by atoms with Crippen LogP contribution in [0.25, 0.3) is 11.1 Å². The maximum Gasteiger partial charge on any atom is 0.333 e. The molecule has 0 spiro atoms. The van der Waals surface area contributed by atoms with Crippen LogP contribution in [0.3, 0.4) is 0 Å². The van der Waals surface area contributed by atoms with Gasteiger partial charge in [0.2, 0.25) is 0 Å². The van der Waals surface area contributed by atoms with Gasteiger partial charge >= 0.3 is 5.97 Å². The summed E-state index contributed by atoms with van der Waals surface area (Å²) >= 11 is 3.62. The van der Waals surface area contributed by atoms with E-state index in [0.717, 1.165) is 54.7 Å². The second-order valence-electron chi connectivity index (χ2n) is 11.6. The number of halogens is 1. The van der Waals surface area contributed by atoms with E-state index < -0.39 is 11.6 Å². The molecule has 0 radical (unpaired) electrons. The summed E-state index contributed by atoms with van der Waals surface area (Å²) in [6.45, 7) is 6.61. The highest BCUT2D eigenvalue weighted by Crippen LogP contribution is 2.53. The Morgan fingerprint density at radius 2 is 1.04 bits per heavy atom. The highest BCUT2D eigenvalue weighted by Gasteiger charge is 2.53. The van der Waals surface area contributed by atoms with E-state index >= 15 is 0 Å². The van der Waals surface area contributed by atoms with E-state index in [9.17, 15) is 4.79 Å². The number of nitrogens with zero attached hydrogens (tertiary/aromatic N) is 1. The molecule has 3 nitrogen and oxygen atoms in total. The number of rotatable bonds is 7. The second kappa shape index (κ2) is 13.1. The highest BCUT2D eigenvalue weighted by atomic mass is 79.9. The fourth-order valence-corrected chi connectivity index (χ4v) is 6.88. The Balaban J connectivity index is 1.85. The SMILES string of the molecule is CCOC(=O)C1C(=C(c2ccccc2)c2ccccc2)C(=C(c2ccccc2)c2ccccc2)C(C)(C)N1c1ccc(Br)cc1. The molecule has 0 saturated carbocycles. The number of anilines is 1. The minimum Gasteiger partial charge on any atom is -0.464 e. The first kappa shape index (κ1) is 30.4. The van der Waals surface area contributed by atoms with E-state index in [1.165, 1.54) is 0 Å². The summed E-state index contributed by atoms with van der Waals surface area (Å²) in [6, 6.07) is 49.4. The first-order valence-electron chi connectivity index (χ1n) is 15.3. The van der Waals surface area contributed by atoms with Crippen molar-refractivity contribution < 1.29 is 9.53 Å². The maximum absolute atomic E-state index is 14.5. The van der Waals surface area contributed by atoms with E-state index in [1.807, 2.05) is 43.3 Å². The van der Waals surface area contributed by atoms with Crippen LogP contribution in [-0.2, 0) is 9.53 Å². The van der Waals surface area contributed by atoms with Crippen molar-refractivity contribution in [3.8, 4) is 0 Å². The van der Waals surface area contributed by atoms with E-state index in [0.29, 0.717) is 0 Å². The number of carbonyl (C=O) groups excluding carboxylic acids is 1. The van der Waals surface area contributed by atoms with Gasteiger partial charge in [0, 0.05) is 15.7 Å². The Morgan fingerprint density at radius 1 is 0.644 bits per heavy atom. The number of esters is 1. The van der Waals surface area contributed by atoms with Crippen LogP contribution < -0.4 is 4.90 Å². The Morgan fingerprint density at radius 3 is 1.44 bits per heavy atom. The van der Waals surface area contributed by atoms with Gasteiger partial charge in [-0.1, -0.05) is 137 Å². The fourth-order valence-electron chi connectivity index (χ4n) is 6.61. The Bertz CT molecular complexity index is 1750. The van der Waals surface area contributed by atoms with Crippen molar-refractivity contribution in [2.75, 3.05) is 11.5 Å². The number of carbonyl (C=O) groups is 1. The number of ether oxygens (including phenoxy) is 1. The molecule has 1 fully saturated rings. The molecule has 1 aliphatic heterocycles. The van der Waals surface area contributed by atoms with Crippen LogP contribution in [0.4, 0.5) is 5.69 Å². The molecule has 0 bridgehead atoms. The lowest BCUT2D eigenvalue weighted by molar-refractivity contribution is -0.143. The lowest BCUT2D eigenvalue weighted by Crippen LogP contribution is -2.47. The van der Waals surface area contributed by atoms with Crippen molar-refractivity contribution in [2.45, 2.75) is 32.4 Å². The average Bonchev–Trinajstić information content (AvgIpc) is 3.30. The minimum absolute atomic E-state index is 0.275. The maximum atomic E-state index is 14.5. The van der Waals surface area contributed by atoms with Gasteiger partial charge in [-0.15, -0.1) is 0 Å². The van der Waals surface area contributed by atoms with Gasteiger partial charge in [-0.2, -0.15) is 0 Å². The first-order chi connectivity index (χ1) is 21.9. The van der Waals surface area contributed by atoms with Crippen molar-refractivity contribution in [2.24, 2.45) is 0 Å². The van der Waals surface area contributed by atoms with Crippen LogP contribution in [0.2, 0.25) is 0 Å². The summed E-state index contributed by atoms with van der Waals surface area (Å²) in [4.78, 5) is 16.7. The standard InChI is InChI=1S/C41H36BrNO2/c1-4-45-40(44)39-37(35(29-17-9-5-10-18-29)30-19-11-6-12-20-30)38(41(2,3)43(39)34-27-25-33(42)26-28-34)36(31-21-13-7-14-22-31)32-23-15-8-16-24-32/h5-28,39H,4H2,1-3H3. The summed E-state index contributed by atoms with van der Waals surface area (Å²) in [7, 11) is 0. The third-order valence-electron chi connectivity index (χ3n) is 8.40. The summed E-state index contributed by atoms with van der Waals surface area (Å²) in [5.74, 6) is -0.275. The summed E-state index contributed by atoms with van der Waals surface area (Å²) in [6.07, 6.45) is 0. The van der Waals surface area contributed by atoms with Crippen LogP contribution in [-0.4, -0.2) is 24.2 Å². The third-order valence-corrected chi connectivity index (χ3v) is 8.93. The van der Waals surface area contributed by atoms with Crippen LogP contribution in [0, 0.1) is 0 Å².